The van der Waals surface area contributed by atoms with Crippen LogP contribution in [0.5, 0.6) is 0 Å². The van der Waals surface area contributed by atoms with Crippen molar-refractivity contribution in [2.75, 3.05) is 37.3 Å². The van der Waals surface area contributed by atoms with Crippen LogP contribution < -0.4 is 4.90 Å². The van der Waals surface area contributed by atoms with Gasteiger partial charge in [0.25, 0.3) is 0 Å². The number of hydrogen-bond acceptors (Lipinski definition) is 7. The largest absolute Gasteiger partial charge is 0.355 e. The summed E-state index contributed by atoms with van der Waals surface area (Å²) < 4.78 is 1.76. The molecule has 3 rings (SSSR count). The van der Waals surface area contributed by atoms with E-state index >= 15 is 0 Å². The van der Waals surface area contributed by atoms with Gasteiger partial charge in [-0.15, -0.1) is 0 Å². The van der Waals surface area contributed by atoms with E-state index in [4.69, 9.17) is 0 Å². The van der Waals surface area contributed by atoms with Gasteiger partial charge in [0.1, 0.15) is 18.5 Å². The van der Waals surface area contributed by atoms with Crippen LogP contribution in [0.3, 0.4) is 0 Å². The van der Waals surface area contributed by atoms with Crippen LogP contribution in [0.1, 0.15) is 19.3 Å². The van der Waals surface area contributed by atoms with E-state index in [1.165, 1.54) is 6.33 Å². The second-order valence-corrected chi connectivity index (χ2v) is 6.66. The number of nitrogens with zero attached hydrogens (tertiary/aromatic N) is 7. The maximum absolute atomic E-state index is 12.5. The lowest BCUT2D eigenvalue weighted by atomic mass is 10.2. The van der Waals surface area contributed by atoms with E-state index in [9.17, 15) is 4.79 Å². The molecule has 25 heavy (non-hydrogen) atoms. The first-order chi connectivity index (χ1) is 12.3. The monoisotopic (exact) mass is 361 g/mol. The zero-order valence-electron chi connectivity index (χ0n) is 14.4. The molecule has 1 amide bonds. The molecular weight excluding hydrogens is 338 g/mol. The highest BCUT2D eigenvalue weighted by Crippen LogP contribution is 2.17. The molecule has 0 saturated carbocycles. The molecule has 0 aliphatic carbocycles. The fourth-order valence-corrected chi connectivity index (χ4v) is 3.25. The summed E-state index contributed by atoms with van der Waals surface area (Å²) in [6.45, 7) is 3.98. The molecule has 0 bridgehead atoms. The number of thioether (sulfide) groups is 1. The SMILES string of the molecule is CSc1nccc(N2CCCN(C(=O)CCCn3cncn3)CC2)n1. The molecule has 0 spiro atoms. The molecule has 2 aromatic heterocycles. The Bertz CT molecular complexity index is 679. The normalized spacial score (nSPS) is 15.2. The molecule has 0 radical (unpaired) electrons. The van der Waals surface area contributed by atoms with Gasteiger partial charge in [0.05, 0.1) is 0 Å². The van der Waals surface area contributed by atoms with Gasteiger partial charge in [-0.3, -0.25) is 9.48 Å². The third kappa shape index (κ3) is 4.91. The summed E-state index contributed by atoms with van der Waals surface area (Å²) in [5.41, 5.74) is 0. The van der Waals surface area contributed by atoms with E-state index in [0.717, 1.165) is 56.5 Å². The first-order valence-corrected chi connectivity index (χ1v) is 9.71. The summed E-state index contributed by atoms with van der Waals surface area (Å²) >= 11 is 1.54. The Hall–Kier alpha value is -2.16. The second kappa shape index (κ2) is 8.80. The van der Waals surface area contributed by atoms with Gasteiger partial charge in [-0.25, -0.2) is 15.0 Å². The Balaban J connectivity index is 1.49. The molecule has 0 unspecified atom stereocenters. The van der Waals surface area contributed by atoms with Crippen molar-refractivity contribution < 1.29 is 4.79 Å². The lowest BCUT2D eigenvalue weighted by Crippen LogP contribution is -2.35. The topological polar surface area (TPSA) is 80.0 Å². The Kier molecular flexibility index (Phi) is 6.21. The van der Waals surface area contributed by atoms with Gasteiger partial charge in [0, 0.05) is 45.3 Å². The van der Waals surface area contributed by atoms with Crippen LogP contribution in [0.25, 0.3) is 0 Å². The molecule has 1 saturated heterocycles. The first kappa shape index (κ1) is 17.7. The van der Waals surface area contributed by atoms with Gasteiger partial charge in [0.2, 0.25) is 5.91 Å². The molecule has 2 aromatic rings. The molecule has 9 heteroatoms. The zero-order chi connectivity index (χ0) is 17.5. The van der Waals surface area contributed by atoms with Crippen LogP contribution in [-0.4, -0.2) is 68.0 Å². The molecule has 3 heterocycles. The molecule has 1 fully saturated rings. The van der Waals surface area contributed by atoms with Crippen LogP contribution in [0.4, 0.5) is 5.82 Å². The minimum absolute atomic E-state index is 0.217. The Morgan fingerprint density at radius 2 is 2.20 bits per heavy atom. The van der Waals surface area contributed by atoms with Crippen molar-refractivity contribution in [1.82, 2.24) is 29.6 Å². The van der Waals surface area contributed by atoms with Crippen molar-refractivity contribution in [1.29, 1.82) is 0 Å². The predicted octanol–water partition coefficient (Wildman–Crippen LogP) is 1.31. The minimum Gasteiger partial charge on any atom is -0.355 e. The summed E-state index contributed by atoms with van der Waals surface area (Å²) in [5.74, 6) is 1.16. The quantitative estimate of drug-likeness (QED) is 0.567. The molecule has 8 nitrogen and oxygen atoms in total. The van der Waals surface area contributed by atoms with E-state index in [-0.39, 0.29) is 5.91 Å². The lowest BCUT2D eigenvalue weighted by Gasteiger charge is -2.23. The van der Waals surface area contributed by atoms with E-state index in [1.807, 2.05) is 17.2 Å². The number of aromatic nitrogens is 5. The summed E-state index contributed by atoms with van der Waals surface area (Å²) in [5, 5.41) is 4.84. The fraction of sp³-hybridized carbons (Fsp3) is 0.562. The highest BCUT2D eigenvalue weighted by Gasteiger charge is 2.19. The maximum Gasteiger partial charge on any atom is 0.222 e. The Morgan fingerprint density at radius 3 is 3.00 bits per heavy atom. The maximum atomic E-state index is 12.5. The highest BCUT2D eigenvalue weighted by atomic mass is 32.2. The van der Waals surface area contributed by atoms with Crippen LogP contribution >= 0.6 is 11.8 Å². The average Bonchev–Trinajstić information content (AvgIpc) is 3.03. The van der Waals surface area contributed by atoms with Gasteiger partial charge >= 0.3 is 0 Å². The van der Waals surface area contributed by atoms with Crippen molar-refractivity contribution in [2.45, 2.75) is 31.0 Å². The van der Waals surface area contributed by atoms with E-state index in [1.54, 1.807) is 29.0 Å². The molecule has 134 valence electrons. The standard InChI is InChI=1S/C16H23N7OS/c1-25-16-18-6-5-14(20-16)21-7-3-8-22(11-10-21)15(24)4-2-9-23-13-17-12-19-23/h5-6,12-13H,2-4,7-11H2,1H3. The van der Waals surface area contributed by atoms with Crippen molar-refractivity contribution in [3.63, 3.8) is 0 Å². The fourth-order valence-electron chi connectivity index (χ4n) is 2.90. The number of carbonyl (C=O) groups is 1. The van der Waals surface area contributed by atoms with Crippen molar-refractivity contribution in [2.24, 2.45) is 0 Å². The predicted molar refractivity (Wildman–Crippen MR) is 96.5 cm³/mol. The summed E-state index contributed by atoms with van der Waals surface area (Å²) in [7, 11) is 0. The molecular formula is C16H23N7OS. The van der Waals surface area contributed by atoms with Crippen LogP contribution in [-0.2, 0) is 11.3 Å². The number of carbonyl (C=O) groups excluding carboxylic acids is 1. The van der Waals surface area contributed by atoms with Gasteiger partial charge in [0.15, 0.2) is 5.16 Å². The smallest absolute Gasteiger partial charge is 0.222 e. The van der Waals surface area contributed by atoms with Crippen molar-refractivity contribution in [3.8, 4) is 0 Å². The van der Waals surface area contributed by atoms with Crippen LogP contribution in [0.2, 0.25) is 0 Å². The molecule has 0 N–H and O–H groups in total. The minimum atomic E-state index is 0.217. The van der Waals surface area contributed by atoms with E-state index in [0.29, 0.717) is 6.42 Å². The Labute approximate surface area is 151 Å². The molecule has 0 aromatic carbocycles. The molecule has 1 aliphatic rings. The van der Waals surface area contributed by atoms with E-state index in [2.05, 4.69) is 25.0 Å². The average molecular weight is 361 g/mol. The number of amides is 1. The number of anilines is 1. The molecule has 1 aliphatic heterocycles. The van der Waals surface area contributed by atoms with Crippen LogP contribution in [0, 0.1) is 0 Å². The highest BCUT2D eigenvalue weighted by molar-refractivity contribution is 7.98. The van der Waals surface area contributed by atoms with Gasteiger partial charge in [-0.05, 0) is 25.2 Å². The third-order valence-corrected chi connectivity index (χ3v) is 4.78. The van der Waals surface area contributed by atoms with Gasteiger partial charge < -0.3 is 9.80 Å². The zero-order valence-corrected chi connectivity index (χ0v) is 15.2. The van der Waals surface area contributed by atoms with Crippen molar-refractivity contribution >= 4 is 23.5 Å². The van der Waals surface area contributed by atoms with Gasteiger partial charge in [-0.1, -0.05) is 11.8 Å². The molecule has 0 atom stereocenters. The summed E-state index contributed by atoms with van der Waals surface area (Å²) in [6, 6.07) is 1.94. The first-order valence-electron chi connectivity index (χ1n) is 8.48. The summed E-state index contributed by atoms with van der Waals surface area (Å²) in [4.78, 5) is 29.4. The number of aryl methyl sites for hydroxylation is 1. The second-order valence-electron chi connectivity index (χ2n) is 5.89. The van der Waals surface area contributed by atoms with Crippen molar-refractivity contribution in [3.05, 3.63) is 24.9 Å². The number of rotatable bonds is 6. The van der Waals surface area contributed by atoms with Gasteiger partial charge in [-0.2, -0.15) is 5.10 Å². The van der Waals surface area contributed by atoms with E-state index < -0.39 is 0 Å². The summed E-state index contributed by atoms with van der Waals surface area (Å²) in [6.07, 6.45) is 9.25. The van der Waals surface area contributed by atoms with Crippen LogP contribution in [0.15, 0.2) is 30.1 Å². The lowest BCUT2D eigenvalue weighted by molar-refractivity contribution is -0.131. The number of hydrogen-bond donors (Lipinski definition) is 0. The Morgan fingerprint density at radius 1 is 1.28 bits per heavy atom. The third-order valence-electron chi connectivity index (χ3n) is 4.22.